The smallest absolute Gasteiger partial charge is 0.335 e. The highest BCUT2D eigenvalue weighted by Crippen LogP contribution is 2.25. The van der Waals surface area contributed by atoms with Crippen molar-refractivity contribution in [3.63, 3.8) is 0 Å². The Morgan fingerprint density at radius 2 is 1.37 bits per heavy atom. The minimum Gasteiger partial charge on any atom is -0.480 e. The van der Waals surface area contributed by atoms with Crippen LogP contribution in [0.2, 0.25) is 10.0 Å². The standard InChI is InChI=1S/C30H28Cl2N4O7/c31-22-2-1-3-23(32)25(22)27(38)33-20-8-4-17(5-9-20)16-24(29(41)42)35-26(37)18-12-14-36(15-13-18)30(43)34-21-10-6-19(7-11-21)28(39)40/h1-11,18,24H,12-16H2,(H,33,38)(H,34,43)(H,35,37)(H,39,40)(H,41,42). The minimum atomic E-state index is -1.19. The van der Waals surface area contributed by atoms with Crippen molar-refractivity contribution in [2.24, 2.45) is 5.92 Å². The quantitative estimate of drug-likeness (QED) is 0.223. The molecule has 5 N–H and O–H groups in total. The van der Waals surface area contributed by atoms with E-state index in [0.29, 0.717) is 42.9 Å². The van der Waals surface area contributed by atoms with Gasteiger partial charge in [-0.05, 0) is 66.9 Å². The van der Waals surface area contributed by atoms with Gasteiger partial charge in [-0.1, -0.05) is 41.4 Å². The van der Waals surface area contributed by atoms with Gasteiger partial charge in [0.15, 0.2) is 0 Å². The molecule has 0 aromatic heterocycles. The summed E-state index contributed by atoms with van der Waals surface area (Å²) in [4.78, 5) is 62.6. The van der Waals surface area contributed by atoms with Crippen LogP contribution in [-0.2, 0) is 16.0 Å². The number of aliphatic carboxylic acids is 1. The zero-order valence-corrected chi connectivity index (χ0v) is 24.2. The van der Waals surface area contributed by atoms with E-state index >= 15 is 0 Å². The lowest BCUT2D eigenvalue weighted by Gasteiger charge is -2.32. The molecule has 1 heterocycles. The average Bonchev–Trinajstić information content (AvgIpc) is 2.98. The van der Waals surface area contributed by atoms with Gasteiger partial charge in [0.25, 0.3) is 5.91 Å². The van der Waals surface area contributed by atoms with Gasteiger partial charge in [-0.15, -0.1) is 0 Å². The summed E-state index contributed by atoms with van der Waals surface area (Å²) in [5, 5.41) is 27.2. The molecule has 4 rings (SSSR count). The van der Waals surface area contributed by atoms with Crippen LogP contribution in [0.4, 0.5) is 16.2 Å². The SMILES string of the molecule is O=C(O)c1ccc(NC(=O)N2CCC(C(=O)NC(Cc3ccc(NC(=O)c4c(Cl)cccc4Cl)cc3)C(=O)O)CC2)cc1. The summed E-state index contributed by atoms with van der Waals surface area (Å²) in [6, 6.07) is 15.5. The molecule has 1 aliphatic heterocycles. The molecule has 0 spiro atoms. The molecule has 1 unspecified atom stereocenters. The van der Waals surface area contributed by atoms with Gasteiger partial charge in [-0.2, -0.15) is 0 Å². The molecule has 1 fully saturated rings. The first-order valence-electron chi connectivity index (χ1n) is 13.3. The number of carbonyl (C=O) groups is 5. The predicted molar refractivity (Wildman–Crippen MR) is 161 cm³/mol. The summed E-state index contributed by atoms with van der Waals surface area (Å²) in [5.74, 6) is -3.61. The molecule has 0 aliphatic carbocycles. The Balaban J connectivity index is 1.27. The van der Waals surface area contributed by atoms with Gasteiger partial charge in [0.05, 0.1) is 21.2 Å². The van der Waals surface area contributed by atoms with Crippen molar-refractivity contribution in [1.29, 1.82) is 0 Å². The van der Waals surface area contributed by atoms with E-state index in [0.717, 1.165) is 0 Å². The Morgan fingerprint density at radius 3 is 1.93 bits per heavy atom. The van der Waals surface area contributed by atoms with Crippen LogP contribution in [0.5, 0.6) is 0 Å². The van der Waals surface area contributed by atoms with Gasteiger partial charge in [0.1, 0.15) is 6.04 Å². The molecular weight excluding hydrogens is 599 g/mol. The number of likely N-dealkylation sites (tertiary alicyclic amines) is 1. The molecule has 1 saturated heterocycles. The molecule has 13 heteroatoms. The summed E-state index contributed by atoms with van der Waals surface area (Å²) < 4.78 is 0. The van der Waals surface area contributed by atoms with E-state index in [1.54, 1.807) is 47.4 Å². The predicted octanol–water partition coefficient (Wildman–Crippen LogP) is 5.00. The molecule has 3 aromatic rings. The number of carboxylic acid groups (broad SMARTS) is 2. The molecule has 1 aliphatic rings. The number of rotatable bonds is 9. The first kappa shape index (κ1) is 31.3. The summed E-state index contributed by atoms with van der Waals surface area (Å²) in [7, 11) is 0. The van der Waals surface area contributed by atoms with E-state index in [2.05, 4.69) is 16.0 Å². The van der Waals surface area contributed by atoms with Crippen molar-refractivity contribution in [3.05, 3.63) is 93.5 Å². The molecule has 11 nitrogen and oxygen atoms in total. The van der Waals surface area contributed by atoms with E-state index in [1.165, 1.54) is 24.3 Å². The van der Waals surface area contributed by atoms with Gasteiger partial charge in [-0.3, -0.25) is 9.59 Å². The Kier molecular flexibility index (Phi) is 10.2. The Morgan fingerprint density at radius 1 is 0.814 bits per heavy atom. The normalized spacial score (nSPS) is 14.0. The topological polar surface area (TPSA) is 165 Å². The van der Waals surface area contributed by atoms with Crippen LogP contribution in [0.25, 0.3) is 0 Å². The lowest BCUT2D eigenvalue weighted by molar-refractivity contribution is -0.142. The number of hydrogen-bond donors (Lipinski definition) is 5. The number of carboxylic acids is 2. The Bertz CT molecular complexity index is 1500. The van der Waals surface area contributed by atoms with E-state index in [9.17, 15) is 29.1 Å². The van der Waals surface area contributed by atoms with Crippen molar-refractivity contribution in [1.82, 2.24) is 10.2 Å². The van der Waals surface area contributed by atoms with E-state index < -0.39 is 35.7 Å². The second-order valence-electron chi connectivity index (χ2n) is 9.93. The van der Waals surface area contributed by atoms with Crippen LogP contribution in [-0.4, -0.2) is 64.0 Å². The van der Waals surface area contributed by atoms with Gasteiger partial charge in [0.2, 0.25) is 5.91 Å². The first-order valence-corrected chi connectivity index (χ1v) is 14.0. The third-order valence-electron chi connectivity index (χ3n) is 6.99. The molecule has 0 bridgehead atoms. The highest BCUT2D eigenvalue weighted by molar-refractivity contribution is 6.40. The lowest BCUT2D eigenvalue weighted by atomic mass is 9.95. The van der Waals surface area contributed by atoms with Crippen molar-refractivity contribution >= 4 is 64.4 Å². The molecule has 0 radical (unpaired) electrons. The van der Waals surface area contributed by atoms with Crippen LogP contribution >= 0.6 is 23.2 Å². The van der Waals surface area contributed by atoms with Gasteiger partial charge in [-0.25, -0.2) is 14.4 Å². The number of carbonyl (C=O) groups excluding carboxylic acids is 3. The maximum absolute atomic E-state index is 12.9. The summed E-state index contributed by atoms with van der Waals surface area (Å²) >= 11 is 12.2. The maximum atomic E-state index is 12.9. The van der Waals surface area contributed by atoms with Crippen LogP contribution in [0.15, 0.2) is 66.7 Å². The monoisotopic (exact) mass is 626 g/mol. The number of hydrogen-bond acceptors (Lipinski definition) is 5. The molecule has 0 saturated carbocycles. The lowest BCUT2D eigenvalue weighted by Crippen LogP contribution is -2.48. The molecule has 4 amide bonds. The number of anilines is 2. The third kappa shape index (κ3) is 8.24. The Labute approximate surface area is 256 Å². The zero-order valence-electron chi connectivity index (χ0n) is 22.7. The molecule has 224 valence electrons. The zero-order chi connectivity index (χ0) is 31.1. The highest BCUT2D eigenvalue weighted by atomic mass is 35.5. The number of halogens is 2. The number of benzene rings is 3. The van der Waals surface area contributed by atoms with Gasteiger partial charge in [0, 0.05) is 36.8 Å². The average molecular weight is 627 g/mol. The third-order valence-corrected chi connectivity index (χ3v) is 7.62. The van der Waals surface area contributed by atoms with Crippen LogP contribution in [0, 0.1) is 5.92 Å². The van der Waals surface area contributed by atoms with Crippen LogP contribution < -0.4 is 16.0 Å². The van der Waals surface area contributed by atoms with E-state index in [-0.39, 0.29) is 33.6 Å². The molecular formula is C30H28Cl2N4O7. The number of piperidine rings is 1. The van der Waals surface area contributed by atoms with Crippen molar-refractivity contribution in [3.8, 4) is 0 Å². The maximum Gasteiger partial charge on any atom is 0.335 e. The number of aromatic carboxylic acids is 1. The van der Waals surface area contributed by atoms with Crippen molar-refractivity contribution in [2.45, 2.75) is 25.3 Å². The molecule has 3 aromatic carbocycles. The van der Waals surface area contributed by atoms with Gasteiger partial charge >= 0.3 is 18.0 Å². The van der Waals surface area contributed by atoms with E-state index in [1.807, 2.05) is 0 Å². The second-order valence-corrected chi connectivity index (χ2v) is 10.7. The largest absolute Gasteiger partial charge is 0.480 e. The number of nitrogens with zero attached hydrogens (tertiary/aromatic N) is 1. The van der Waals surface area contributed by atoms with Crippen LogP contribution in [0.3, 0.4) is 0 Å². The minimum absolute atomic E-state index is 0.0214. The molecule has 1 atom stereocenters. The highest BCUT2D eigenvalue weighted by Gasteiger charge is 2.30. The number of amides is 4. The van der Waals surface area contributed by atoms with E-state index in [4.69, 9.17) is 28.3 Å². The summed E-state index contributed by atoms with van der Waals surface area (Å²) in [5.41, 5.74) is 1.77. The second kappa shape index (κ2) is 14.0. The number of urea groups is 1. The van der Waals surface area contributed by atoms with Gasteiger partial charge < -0.3 is 31.1 Å². The first-order chi connectivity index (χ1) is 20.5. The summed E-state index contributed by atoms with van der Waals surface area (Å²) in [6.45, 7) is 0.586. The molecule has 43 heavy (non-hydrogen) atoms. The fourth-order valence-corrected chi connectivity index (χ4v) is 5.17. The number of nitrogens with one attached hydrogen (secondary N) is 3. The fourth-order valence-electron chi connectivity index (χ4n) is 4.60. The van der Waals surface area contributed by atoms with Crippen molar-refractivity contribution < 1.29 is 34.2 Å². The van der Waals surface area contributed by atoms with Crippen LogP contribution in [0.1, 0.15) is 39.1 Å². The Hall–Kier alpha value is -4.61. The fraction of sp³-hybridized carbons (Fsp3) is 0.233. The van der Waals surface area contributed by atoms with Crippen molar-refractivity contribution in [2.75, 3.05) is 23.7 Å². The summed E-state index contributed by atoms with van der Waals surface area (Å²) in [6.07, 6.45) is 0.730.